The molecule has 0 aliphatic heterocycles. The predicted molar refractivity (Wildman–Crippen MR) is 56.0 cm³/mol. The normalized spacial score (nSPS) is 14.3. The number of benzene rings is 1. The topological polar surface area (TPSA) is 72.5 Å². The number of aliphatic hydroxyl groups is 1. The summed E-state index contributed by atoms with van der Waals surface area (Å²) < 4.78 is 5.07. The van der Waals surface area contributed by atoms with Crippen molar-refractivity contribution in [3.05, 3.63) is 35.9 Å². The van der Waals surface area contributed by atoms with Gasteiger partial charge in [-0.2, -0.15) is 0 Å². The van der Waals surface area contributed by atoms with E-state index in [1.54, 1.807) is 6.92 Å². The lowest BCUT2D eigenvalue weighted by molar-refractivity contribution is -0.151. The number of aliphatic hydroxyl groups excluding tert-OH is 1. The molecule has 0 fully saturated rings. The Morgan fingerprint density at radius 3 is 2.60 bits per heavy atom. The molecule has 0 aliphatic carbocycles. The van der Waals surface area contributed by atoms with E-state index >= 15 is 0 Å². The molecule has 1 rings (SSSR count). The maximum Gasteiger partial charge on any atom is 0.325 e. The van der Waals surface area contributed by atoms with Crippen LogP contribution in [-0.4, -0.2) is 23.7 Å². The van der Waals surface area contributed by atoms with Crippen LogP contribution in [0, 0.1) is 0 Å². The number of nitrogens with two attached hydrogens (primary N) is 1. The summed E-state index contributed by atoms with van der Waals surface area (Å²) in [7, 11) is 0. The first-order valence-corrected chi connectivity index (χ1v) is 4.77. The van der Waals surface area contributed by atoms with Crippen molar-refractivity contribution in [1.29, 1.82) is 0 Å². The first-order chi connectivity index (χ1) is 7.15. The van der Waals surface area contributed by atoms with Crippen molar-refractivity contribution in [2.45, 2.75) is 19.1 Å². The van der Waals surface area contributed by atoms with Crippen LogP contribution in [0.2, 0.25) is 0 Å². The molecule has 1 aromatic carbocycles. The number of esters is 1. The van der Waals surface area contributed by atoms with Crippen molar-refractivity contribution < 1.29 is 14.6 Å². The van der Waals surface area contributed by atoms with Gasteiger partial charge in [0, 0.05) is 0 Å². The van der Waals surface area contributed by atoms with E-state index in [1.807, 2.05) is 30.3 Å². The maximum atomic E-state index is 11.3. The monoisotopic (exact) mass is 209 g/mol. The Kier molecular flexibility index (Phi) is 4.27. The molecule has 0 saturated carbocycles. The van der Waals surface area contributed by atoms with Gasteiger partial charge in [0.05, 0.1) is 6.61 Å². The zero-order valence-corrected chi connectivity index (χ0v) is 8.59. The molecule has 4 heteroatoms. The smallest absolute Gasteiger partial charge is 0.325 e. The molecule has 0 amide bonds. The summed E-state index contributed by atoms with van der Waals surface area (Å²) in [6.07, 6.45) is -0.351. The molecule has 0 aliphatic rings. The molecule has 0 spiro atoms. The average Bonchev–Trinajstić information content (AvgIpc) is 2.29. The van der Waals surface area contributed by atoms with E-state index in [9.17, 15) is 4.79 Å². The van der Waals surface area contributed by atoms with Crippen LogP contribution >= 0.6 is 0 Å². The molecule has 0 saturated heterocycles. The minimum atomic E-state index is -0.962. The van der Waals surface area contributed by atoms with Crippen molar-refractivity contribution in [3.63, 3.8) is 0 Å². The molecule has 2 unspecified atom stereocenters. The van der Waals surface area contributed by atoms with E-state index in [2.05, 4.69) is 0 Å². The van der Waals surface area contributed by atoms with Crippen LogP contribution in [-0.2, 0) is 9.53 Å². The average molecular weight is 209 g/mol. The first kappa shape index (κ1) is 11.7. The second-order valence-corrected chi connectivity index (χ2v) is 3.28. The second-order valence-electron chi connectivity index (χ2n) is 3.28. The predicted octanol–water partition coefficient (Wildman–Crippen LogP) is 0.610. The molecule has 15 heavy (non-hydrogen) atoms. The molecule has 82 valence electrons. The molecule has 1 aromatic rings. The van der Waals surface area contributed by atoms with Gasteiger partial charge in [-0.15, -0.1) is 0 Å². The standard InChI is InChI=1S/C11H15NO3/c1-8(9-5-3-2-4-6-9)15-11(14)10(12)7-13/h2-6,8,10,13H,7,12H2,1H3. The summed E-state index contributed by atoms with van der Waals surface area (Å²) in [6, 6.07) is 8.38. The first-order valence-electron chi connectivity index (χ1n) is 4.77. The Labute approximate surface area is 88.7 Å². The summed E-state index contributed by atoms with van der Waals surface area (Å²) in [6.45, 7) is 1.36. The van der Waals surface area contributed by atoms with Gasteiger partial charge >= 0.3 is 5.97 Å². The van der Waals surface area contributed by atoms with Gasteiger partial charge in [0.1, 0.15) is 12.1 Å². The highest BCUT2D eigenvalue weighted by atomic mass is 16.5. The van der Waals surface area contributed by atoms with Crippen molar-refractivity contribution in [2.75, 3.05) is 6.61 Å². The van der Waals surface area contributed by atoms with Crippen LogP contribution in [0.3, 0.4) is 0 Å². The molecule has 0 radical (unpaired) electrons. The van der Waals surface area contributed by atoms with Gasteiger partial charge in [-0.1, -0.05) is 30.3 Å². The molecule has 4 nitrogen and oxygen atoms in total. The van der Waals surface area contributed by atoms with Crippen LogP contribution in [0.5, 0.6) is 0 Å². The van der Waals surface area contributed by atoms with Gasteiger partial charge in [-0.05, 0) is 12.5 Å². The van der Waals surface area contributed by atoms with Crippen molar-refractivity contribution >= 4 is 5.97 Å². The third kappa shape index (κ3) is 3.34. The third-order valence-electron chi connectivity index (χ3n) is 2.06. The molecular weight excluding hydrogens is 194 g/mol. The molecule has 0 bridgehead atoms. The van der Waals surface area contributed by atoms with Gasteiger partial charge < -0.3 is 15.6 Å². The molecule has 0 aromatic heterocycles. The Hall–Kier alpha value is -1.39. The highest BCUT2D eigenvalue weighted by Crippen LogP contribution is 2.16. The number of hydrogen-bond acceptors (Lipinski definition) is 4. The quantitative estimate of drug-likeness (QED) is 0.713. The minimum Gasteiger partial charge on any atom is -0.457 e. The van der Waals surface area contributed by atoms with E-state index in [-0.39, 0.29) is 6.10 Å². The maximum absolute atomic E-state index is 11.3. The van der Waals surface area contributed by atoms with E-state index < -0.39 is 18.6 Å². The summed E-state index contributed by atoms with van der Waals surface area (Å²) in [5.41, 5.74) is 6.22. The zero-order chi connectivity index (χ0) is 11.3. The highest BCUT2D eigenvalue weighted by Gasteiger charge is 2.17. The number of hydrogen-bond donors (Lipinski definition) is 2. The Bertz CT molecular complexity index is 313. The molecule has 2 atom stereocenters. The third-order valence-corrected chi connectivity index (χ3v) is 2.06. The largest absolute Gasteiger partial charge is 0.457 e. The summed E-state index contributed by atoms with van der Waals surface area (Å²) in [4.78, 5) is 11.3. The Balaban J connectivity index is 2.56. The Morgan fingerprint density at radius 2 is 2.07 bits per heavy atom. The lowest BCUT2D eigenvalue weighted by Gasteiger charge is -2.15. The SMILES string of the molecule is CC(OC(=O)C(N)CO)c1ccccc1. The van der Waals surface area contributed by atoms with Gasteiger partial charge in [0.15, 0.2) is 0 Å². The number of rotatable bonds is 4. The number of carbonyl (C=O) groups is 1. The van der Waals surface area contributed by atoms with E-state index in [0.717, 1.165) is 5.56 Å². The molecular formula is C11H15NO3. The van der Waals surface area contributed by atoms with Crippen LogP contribution in [0.4, 0.5) is 0 Å². The van der Waals surface area contributed by atoms with Gasteiger partial charge in [-0.25, -0.2) is 0 Å². The van der Waals surface area contributed by atoms with Gasteiger partial charge in [0.2, 0.25) is 0 Å². The van der Waals surface area contributed by atoms with E-state index in [0.29, 0.717) is 0 Å². The van der Waals surface area contributed by atoms with Crippen molar-refractivity contribution in [3.8, 4) is 0 Å². The fourth-order valence-corrected chi connectivity index (χ4v) is 1.13. The molecule has 0 heterocycles. The van der Waals surface area contributed by atoms with Gasteiger partial charge in [0.25, 0.3) is 0 Å². The summed E-state index contributed by atoms with van der Waals surface area (Å²) in [5, 5.41) is 8.66. The summed E-state index contributed by atoms with van der Waals surface area (Å²) >= 11 is 0. The number of carbonyl (C=O) groups excluding carboxylic acids is 1. The molecule has 3 N–H and O–H groups in total. The fraction of sp³-hybridized carbons (Fsp3) is 0.364. The fourth-order valence-electron chi connectivity index (χ4n) is 1.13. The van der Waals surface area contributed by atoms with Gasteiger partial charge in [-0.3, -0.25) is 4.79 Å². The van der Waals surface area contributed by atoms with Crippen molar-refractivity contribution in [1.82, 2.24) is 0 Å². The highest BCUT2D eigenvalue weighted by molar-refractivity contribution is 5.75. The van der Waals surface area contributed by atoms with Crippen LogP contribution in [0.25, 0.3) is 0 Å². The summed E-state index contributed by atoms with van der Waals surface area (Å²) in [5.74, 6) is -0.589. The zero-order valence-electron chi connectivity index (χ0n) is 8.59. The lowest BCUT2D eigenvalue weighted by Crippen LogP contribution is -2.36. The minimum absolute atomic E-state index is 0.351. The number of ether oxygens (including phenoxy) is 1. The van der Waals surface area contributed by atoms with Crippen LogP contribution in [0.1, 0.15) is 18.6 Å². The van der Waals surface area contributed by atoms with Crippen molar-refractivity contribution in [2.24, 2.45) is 5.73 Å². The lowest BCUT2D eigenvalue weighted by atomic mass is 10.1. The van der Waals surface area contributed by atoms with Crippen LogP contribution < -0.4 is 5.73 Å². The Morgan fingerprint density at radius 1 is 1.47 bits per heavy atom. The van der Waals surface area contributed by atoms with Crippen LogP contribution in [0.15, 0.2) is 30.3 Å². The van der Waals surface area contributed by atoms with E-state index in [1.165, 1.54) is 0 Å². The second kappa shape index (κ2) is 5.48. The van der Waals surface area contributed by atoms with E-state index in [4.69, 9.17) is 15.6 Å².